The summed E-state index contributed by atoms with van der Waals surface area (Å²) in [5.41, 5.74) is -0.560. The van der Waals surface area contributed by atoms with E-state index < -0.39 is 5.60 Å². The van der Waals surface area contributed by atoms with Crippen molar-refractivity contribution in [3.05, 3.63) is 0 Å². The van der Waals surface area contributed by atoms with E-state index in [9.17, 15) is 9.90 Å². The first-order valence-corrected chi connectivity index (χ1v) is 8.02. The molecule has 1 rings (SSSR count). The Kier molecular flexibility index (Phi) is 6.96. The smallest absolute Gasteiger partial charge is 0.234 e. The SMILES string of the molecule is CC(C)CCC(C)NC(=O)CN1CCCC(C)(O)CC1. The van der Waals surface area contributed by atoms with Gasteiger partial charge >= 0.3 is 0 Å². The molecule has 2 unspecified atom stereocenters. The molecule has 0 aromatic carbocycles. The third kappa shape index (κ3) is 7.25. The number of amides is 1. The third-order valence-corrected chi connectivity index (χ3v) is 4.11. The monoisotopic (exact) mass is 284 g/mol. The standard InChI is InChI=1S/C16H32N2O2/c1-13(2)6-7-14(3)17-15(19)12-18-10-5-8-16(4,20)9-11-18/h13-14,20H,5-12H2,1-4H3,(H,17,19). The average Bonchev–Trinajstić information content (AvgIpc) is 2.48. The van der Waals surface area contributed by atoms with E-state index in [1.54, 1.807) is 0 Å². The summed E-state index contributed by atoms with van der Waals surface area (Å²) in [4.78, 5) is 14.2. The molecule has 0 saturated carbocycles. The molecule has 118 valence electrons. The molecule has 0 radical (unpaired) electrons. The van der Waals surface area contributed by atoms with E-state index in [2.05, 4.69) is 31.0 Å². The fourth-order valence-corrected chi connectivity index (χ4v) is 2.66. The second-order valence-corrected chi connectivity index (χ2v) is 7.07. The van der Waals surface area contributed by atoms with Gasteiger partial charge in [-0.25, -0.2) is 0 Å². The van der Waals surface area contributed by atoms with E-state index in [4.69, 9.17) is 0 Å². The molecule has 0 aromatic heterocycles. The Balaban J connectivity index is 2.28. The van der Waals surface area contributed by atoms with Gasteiger partial charge in [-0.1, -0.05) is 13.8 Å². The highest BCUT2D eigenvalue weighted by molar-refractivity contribution is 5.78. The summed E-state index contributed by atoms with van der Waals surface area (Å²) < 4.78 is 0. The van der Waals surface area contributed by atoms with E-state index >= 15 is 0 Å². The topological polar surface area (TPSA) is 52.6 Å². The predicted octanol–water partition coefficient (Wildman–Crippen LogP) is 2.16. The average molecular weight is 284 g/mol. The van der Waals surface area contributed by atoms with Gasteiger partial charge in [-0.05, 0) is 58.4 Å². The zero-order chi connectivity index (χ0) is 15.2. The normalized spacial score (nSPS) is 26.3. The number of nitrogens with one attached hydrogen (secondary N) is 1. The minimum Gasteiger partial charge on any atom is -0.390 e. The van der Waals surface area contributed by atoms with Gasteiger partial charge in [-0.2, -0.15) is 0 Å². The van der Waals surface area contributed by atoms with Gasteiger partial charge in [0.15, 0.2) is 0 Å². The maximum absolute atomic E-state index is 12.0. The first-order chi connectivity index (χ1) is 9.28. The molecule has 1 heterocycles. The molecule has 4 nitrogen and oxygen atoms in total. The van der Waals surface area contributed by atoms with E-state index in [0.717, 1.165) is 45.2 Å². The Morgan fingerprint density at radius 1 is 1.25 bits per heavy atom. The molecule has 4 heteroatoms. The number of carbonyl (C=O) groups excluding carboxylic acids is 1. The molecule has 2 atom stereocenters. The maximum atomic E-state index is 12.0. The van der Waals surface area contributed by atoms with Crippen LogP contribution in [0.2, 0.25) is 0 Å². The number of hydrogen-bond acceptors (Lipinski definition) is 3. The molecule has 20 heavy (non-hydrogen) atoms. The van der Waals surface area contributed by atoms with Crippen LogP contribution in [0.25, 0.3) is 0 Å². The van der Waals surface area contributed by atoms with Crippen LogP contribution in [0.3, 0.4) is 0 Å². The lowest BCUT2D eigenvalue weighted by molar-refractivity contribution is -0.123. The largest absolute Gasteiger partial charge is 0.390 e. The Labute approximate surface area is 123 Å². The zero-order valence-corrected chi connectivity index (χ0v) is 13.6. The molecule has 1 saturated heterocycles. The lowest BCUT2D eigenvalue weighted by Crippen LogP contribution is -2.41. The molecule has 0 spiro atoms. The quantitative estimate of drug-likeness (QED) is 0.786. The van der Waals surface area contributed by atoms with Gasteiger partial charge in [-0.15, -0.1) is 0 Å². The fraction of sp³-hybridized carbons (Fsp3) is 0.938. The first kappa shape index (κ1) is 17.4. The van der Waals surface area contributed by atoms with Crippen LogP contribution in [0.15, 0.2) is 0 Å². The lowest BCUT2D eigenvalue weighted by Gasteiger charge is -2.23. The van der Waals surface area contributed by atoms with E-state index in [1.807, 2.05) is 6.92 Å². The molecular weight excluding hydrogens is 252 g/mol. The Bertz CT molecular complexity index is 303. The van der Waals surface area contributed by atoms with Crippen LogP contribution in [0.5, 0.6) is 0 Å². The number of nitrogens with zero attached hydrogens (tertiary/aromatic N) is 1. The van der Waals surface area contributed by atoms with Crippen LogP contribution >= 0.6 is 0 Å². The summed E-state index contributed by atoms with van der Waals surface area (Å²) in [7, 11) is 0. The van der Waals surface area contributed by atoms with Crippen LogP contribution < -0.4 is 5.32 Å². The van der Waals surface area contributed by atoms with Crippen molar-refractivity contribution < 1.29 is 9.90 Å². The fourth-order valence-electron chi connectivity index (χ4n) is 2.66. The van der Waals surface area contributed by atoms with Crippen molar-refractivity contribution in [3.63, 3.8) is 0 Å². The molecule has 2 N–H and O–H groups in total. The molecule has 1 amide bonds. The Morgan fingerprint density at radius 3 is 2.60 bits per heavy atom. The minimum atomic E-state index is -0.560. The molecule has 0 aromatic rings. The van der Waals surface area contributed by atoms with Gasteiger partial charge in [0.1, 0.15) is 0 Å². The van der Waals surface area contributed by atoms with Gasteiger partial charge < -0.3 is 10.4 Å². The predicted molar refractivity (Wildman–Crippen MR) is 82.6 cm³/mol. The van der Waals surface area contributed by atoms with Crippen LogP contribution in [0.4, 0.5) is 0 Å². The summed E-state index contributed by atoms with van der Waals surface area (Å²) >= 11 is 0. The van der Waals surface area contributed by atoms with Crippen LogP contribution in [-0.4, -0.2) is 47.2 Å². The third-order valence-electron chi connectivity index (χ3n) is 4.11. The van der Waals surface area contributed by atoms with Crippen molar-refractivity contribution in [2.45, 2.75) is 71.4 Å². The van der Waals surface area contributed by atoms with E-state index in [0.29, 0.717) is 12.5 Å². The summed E-state index contributed by atoms with van der Waals surface area (Å²) in [5.74, 6) is 0.796. The van der Waals surface area contributed by atoms with Crippen LogP contribution in [0.1, 0.15) is 59.8 Å². The summed E-state index contributed by atoms with van der Waals surface area (Å²) in [6.45, 7) is 10.6. The van der Waals surface area contributed by atoms with Gasteiger partial charge in [-0.3, -0.25) is 9.69 Å². The number of carbonyl (C=O) groups is 1. The highest BCUT2D eigenvalue weighted by atomic mass is 16.3. The number of hydrogen-bond donors (Lipinski definition) is 2. The minimum absolute atomic E-state index is 0.114. The zero-order valence-electron chi connectivity index (χ0n) is 13.6. The lowest BCUT2D eigenvalue weighted by atomic mass is 9.98. The number of aliphatic hydroxyl groups is 1. The highest BCUT2D eigenvalue weighted by Gasteiger charge is 2.25. The summed E-state index contributed by atoms with van der Waals surface area (Å²) in [6.07, 6.45) is 4.73. The Morgan fingerprint density at radius 2 is 1.95 bits per heavy atom. The van der Waals surface area contributed by atoms with Crippen molar-refractivity contribution in [1.29, 1.82) is 0 Å². The van der Waals surface area contributed by atoms with Gasteiger partial charge in [0, 0.05) is 12.6 Å². The number of rotatable bonds is 6. The number of likely N-dealkylation sites (tertiary alicyclic amines) is 1. The van der Waals surface area contributed by atoms with Crippen molar-refractivity contribution in [2.75, 3.05) is 19.6 Å². The highest BCUT2D eigenvalue weighted by Crippen LogP contribution is 2.21. The van der Waals surface area contributed by atoms with Gasteiger partial charge in [0.05, 0.1) is 12.1 Å². The van der Waals surface area contributed by atoms with Crippen LogP contribution in [-0.2, 0) is 4.79 Å². The van der Waals surface area contributed by atoms with Crippen molar-refractivity contribution >= 4 is 5.91 Å². The summed E-state index contributed by atoms with van der Waals surface area (Å²) in [6, 6.07) is 0.250. The molecule has 1 fully saturated rings. The maximum Gasteiger partial charge on any atom is 0.234 e. The second kappa shape index (κ2) is 7.99. The molecule has 1 aliphatic rings. The summed E-state index contributed by atoms with van der Waals surface area (Å²) in [5, 5.41) is 13.1. The Hall–Kier alpha value is -0.610. The van der Waals surface area contributed by atoms with Crippen molar-refractivity contribution in [3.8, 4) is 0 Å². The molecule has 0 bridgehead atoms. The van der Waals surface area contributed by atoms with Crippen LogP contribution in [0, 0.1) is 5.92 Å². The molecule has 1 aliphatic heterocycles. The molecular formula is C16H32N2O2. The van der Waals surface area contributed by atoms with Crippen molar-refractivity contribution in [1.82, 2.24) is 10.2 Å². The molecule has 0 aliphatic carbocycles. The van der Waals surface area contributed by atoms with E-state index in [-0.39, 0.29) is 11.9 Å². The van der Waals surface area contributed by atoms with Crippen molar-refractivity contribution in [2.24, 2.45) is 5.92 Å². The van der Waals surface area contributed by atoms with E-state index in [1.165, 1.54) is 0 Å². The second-order valence-electron chi connectivity index (χ2n) is 7.07. The van der Waals surface area contributed by atoms with Gasteiger partial charge in [0.25, 0.3) is 0 Å². The van der Waals surface area contributed by atoms with Gasteiger partial charge in [0.2, 0.25) is 5.91 Å². The first-order valence-electron chi connectivity index (χ1n) is 8.02.